The second kappa shape index (κ2) is 10.4. The quantitative estimate of drug-likeness (QED) is 0.440. The molecule has 12 heteroatoms. The van der Waals surface area contributed by atoms with Crippen molar-refractivity contribution in [2.75, 3.05) is 11.1 Å². The van der Waals surface area contributed by atoms with Gasteiger partial charge in [0.15, 0.2) is 16.1 Å². The van der Waals surface area contributed by atoms with E-state index in [-0.39, 0.29) is 22.6 Å². The van der Waals surface area contributed by atoms with Crippen molar-refractivity contribution in [3.8, 4) is 0 Å². The highest BCUT2D eigenvalue weighted by Gasteiger charge is 2.21. The number of aryl methyl sites for hydroxylation is 1. The fourth-order valence-electron chi connectivity index (χ4n) is 2.73. The molecule has 0 bridgehead atoms. The Morgan fingerprint density at radius 3 is 2.71 bits per heavy atom. The molecule has 3 rings (SSSR count). The van der Waals surface area contributed by atoms with Gasteiger partial charge in [-0.05, 0) is 39.0 Å². The summed E-state index contributed by atoms with van der Waals surface area (Å²) in [5, 5.41) is 17.8. The molecule has 0 aliphatic carbocycles. The Balaban J connectivity index is 1.64. The van der Waals surface area contributed by atoms with Gasteiger partial charge in [0, 0.05) is 16.9 Å². The van der Waals surface area contributed by atoms with Crippen LogP contribution in [0, 0.1) is 6.92 Å². The van der Waals surface area contributed by atoms with Gasteiger partial charge in [0.25, 0.3) is 5.91 Å². The number of aromatic nitrogens is 4. The Morgan fingerprint density at radius 2 is 2.06 bits per heavy atom. The Morgan fingerprint density at radius 1 is 1.29 bits per heavy atom. The Kier molecular flexibility index (Phi) is 7.93. The summed E-state index contributed by atoms with van der Waals surface area (Å²) >= 11 is 14.7. The van der Waals surface area contributed by atoms with Crippen molar-refractivity contribution in [1.82, 2.24) is 25.1 Å². The van der Waals surface area contributed by atoms with Gasteiger partial charge in [-0.1, -0.05) is 35.0 Å². The topological polar surface area (TPSA) is 102 Å². The van der Waals surface area contributed by atoms with E-state index in [0.717, 1.165) is 5.69 Å². The van der Waals surface area contributed by atoms with Crippen LogP contribution in [0.15, 0.2) is 28.7 Å². The number of amides is 2. The molecular weight excluding hydrogens is 479 g/mol. The molecule has 0 spiro atoms. The third-order valence-corrected chi connectivity index (χ3v) is 6.56. The summed E-state index contributed by atoms with van der Waals surface area (Å²) in [6, 6.07) is 4.27. The van der Waals surface area contributed by atoms with Crippen LogP contribution >= 0.6 is 46.3 Å². The number of benzene rings is 1. The fraction of sp³-hybridized carbons (Fsp3) is 0.316. The minimum atomic E-state index is -0.423. The fourth-order valence-corrected chi connectivity index (χ4v) is 4.74. The number of nitrogens with one attached hydrogen (secondary N) is 2. The Bertz CT molecular complexity index is 1100. The van der Waals surface area contributed by atoms with E-state index in [1.807, 2.05) is 30.7 Å². The zero-order valence-corrected chi connectivity index (χ0v) is 20.1. The molecule has 3 aromatic rings. The van der Waals surface area contributed by atoms with Crippen LogP contribution in [0.3, 0.4) is 0 Å². The number of thioether (sulfide) groups is 1. The van der Waals surface area contributed by atoms with Gasteiger partial charge in [0.1, 0.15) is 0 Å². The molecule has 0 unspecified atom stereocenters. The maximum Gasteiger partial charge on any atom is 0.253 e. The van der Waals surface area contributed by atoms with E-state index in [2.05, 4.69) is 25.8 Å². The van der Waals surface area contributed by atoms with Crippen LogP contribution in [0.5, 0.6) is 0 Å². The molecule has 8 nitrogen and oxygen atoms in total. The minimum Gasteiger partial charge on any atom is -0.342 e. The third-order valence-electron chi connectivity index (χ3n) is 4.17. The van der Waals surface area contributed by atoms with Gasteiger partial charge in [-0.3, -0.25) is 9.59 Å². The van der Waals surface area contributed by atoms with Crippen molar-refractivity contribution in [3.63, 3.8) is 0 Å². The lowest BCUT2D eigenvalue weighted by atomic mass is 10.2. The van der Waals surface area contributed by atoms with Gasteiger partial charge in [0.2, 0.25) is 5.91 Å². The second-order valence-corrected chi connectivity index (χ2v) is 9.18. The minimum absolute atomic E-state index is 0.165. The molecule has 164 valence electrons. The number of nitrogens with zero attached hydrogens (tertiary/aromatic N) is 4. The smallest absolute Gasteiger partial charge is 0.253 e. The molecule has 0 radical (unpaired) electrons. The molecule has 2 N–H and O–H groups in total. The Labute approximate surface area is 197 Å². The first-order chi connectivity index (χ1) is 14.8. The van der Waals surface area contributed by atoms with Gasteiger partial charge in [-0.15, -0.1) is 21.5 Å². The van der Waals surface area contributed by atoms with E-state index in [0.29, 0.717) is 33.2 Å². The highest BCUT2D eigenvalue weighted by molar-refractivity contribution is 7.99. The zero-order chi connectivity index (χ0) is 22.5. The van der Waals surface area contributed by atoms with E-state index in [9.17, 15) is 9.59 Å². The maximum atomic E-state index is 12.6. The highest BCUT2D eigenvalue weighted by Crippen LogP contribution is 2.24. The first-order valence-corrected chi connectivity index (χ1v) is 11.9. The average Bonchev–Trinajstić information content (AvgIpc) is 3.31. The first kappa shape index (κ1) is 23.5. The normalized spacial score (nSPS) is 11.9. The van der Waals surface area contributed by atoms with Crippen LogP contribution in [-0.2, 0) is 11.3 Å². The van der Waals surface area contributed by atoms with Crippen LogP contribution in [0.2, 0.25) is 10.0 Å². The lowest BCUT2D eigenvalue weighted by Crippen LogP contribution is -2.29. The largest absolute Gasteiger partial charge is 0.342 e. The van der Waals surface area contributed by atoms with Crippen LogP contribution < -0.4 is 10.6 Å². The number of halogens is 2. The van der Waals surface area contributed by atoms with E-state index < -0.39 is 6.04 Å². The predicted octanol–water partition coefficient (Wildman–Crippen LogP) is 4.59. The molecule has 0 fully saturated rings. The molecule has 0 aliphatic heterocycles. The van der Waals surface area contributed by atoms with Crippen molar-refractivity contribution >= 4 is 63.2 Å². The van der Waals surface area contributed by atoms with Crippen LogP contribution in [-0.4, -0.2) is 37.3 Å². The van der Waals surface area contributed by atoms with E-state index in [4.69, 9.17) is 23.2 Å². The number of hydrogen-bond donors (Lipinski definition) is 2. The molecule has 0 saturated carbocycles. The van der Waals surface area contributed by atoms with Crippen molar-refractivity contribution in [1.29, 1.82) is 0 Å². The van der Waals surface area contributed by atoms with E-state index in [1.54, 1.807) is 12.1 Å². The van der Waals surface area contributed by atoms with E-state index in [1.165, 1.54) is 29.2 Å². The number of carbonyl (C=O) groups is 2. The third kappa shape index (κ3) is 5.97. The first-order valence-electron chi connectivity index (χ1n) is 9.32. The summed E-state index contributed by atoms with van der Waals surface area (Å²) in [5.74, 6) is 0.231. The highest BCUT2D eigenvalue weighted by atomic mass is 35.5. The second-order valence-electron chi connectivity index (χ2n) is 6.54. The molecule has 2 amide bonds. The van der Waals surface area contributed by atoms with Crippen LogP contribution in [0.4, 0.5) is 5.13 Å². The van der Waals surface area contributed by atoms with E-state index >= 15 is 0 Å². The number of carbonyl (C=O) groups excluding carboxylic acids is 2. The average molecular weight is 499 g/mol. The van der Waals surface area contributed by atoms with Crippen molar-refractivity contribution in [2.45, 2.75) is 38.5 Å². The molecular formula is C19H20Cl2N6O2S2. The molecule has 0 aliphatic rings. The number of anilines is 1. The summed E-state index contributed by atoms with van der Waals surface area (Å²) in [7, 11) is 0. The molecule has 1 atom stereocenters. The molecule has 2 heterocycles. The van der Waals surface area contributed by atoms with Gasteiger partial charge in [0.05, 0.1) is 28.1 Å². The monoisotopic (exact) mass is 498 g/mol. The summed E-state index contributed by atoms with van der Waals surface area (Å²) < 4.78 is 1.86. The van der Waals surface area contributed by atoms with Crippen molar-refractivity contribution in [2.24, 2.45) is 0 Å². The Hall–Kier alpha value is -2.14. The standard InChI is InChI=1S/C19H20Cl2N6O2S2/c1-4-27-16(11(3)23-17(29)13-6-5-12(20)7-14(13)21)25-26-19(27)31-9-15(28)24-18-22-10(2)8-30-18/h5-8,11H,4,9H2,1-3H3,(H,23,29)(H,22,24,28)/t11-/m1/s1. The zero-order valence-electron chi connectivity index (χ0n) is 17.0. The lowest BCUT2D eigenvalue weighted by Gasteiger charge is -2.15. The SMILES string of the molecule is CCn1c(SCC(=O)Nc2nc(C)cs2)nnc1[C@@H](C)NC(=O)c1ccc(Cl)cc1Cl. The van der Waals surface area contributed by atoms with Crippen LogP contribution in [0.25, 0.3) is 0 Å². The number of thiazole rings is 1. The van der Waals surface area contributed by atoms with Crippen molar-refractivity contribution < 1.29 is 9.59 Å². The molecule has 1 aromatic carbocycles. The van der Waals surface area contributed by atoms with Gasteiger partial charge >= 0.3 is 0 Å². The number of rotatable bonds is 8. The van der Waals surface area contributed by atoms with Crippen molar-refractivity contribution in [3.05, 3.63) is 50.7 Å². The maximum absolute atomic E-state index is 12.6. The van der Waals surface area contributed by atoms with Crippen LogP contribution in [0.1, 0.15) is 41.8 Å². The summed E-state index contributed by atoms with van der Waals surface area (Å²) in [6.07, 6.45) is 0. The van der Waals surface area contributed by atoms with Gasteiger partial charge in [-0.25, -0.2) is 4.98 Å². The summed E-state index contributed by atoms with van der Waals surface area (Å²) in [6.45, 7) is 6.21. The number of hydrogen-bond acceptors (Lipinski definition) is 7. The molecule has 2 aromatic heterocycles. The molecule has 0 saturated heterocycles. The summed E-state index contributed by atoms with van der Waals surface area (Å²) in [4.78, 5) is 29.0. The lowest BCUT2D eigenvalue weighted by molar-refractivity contribution is -0.113. The summed E-state index contributed by atoms with van der Waals surface area (Å²) in [5.41, 5.74) is 1.18. The predicted molar refractivity (Wildman–Crippen MR) is 124 cm³/mol. The van der Waals surface area contributed by atoms with Gasteiger partial charge in [-0.2, -0.15) is 0 Å². The van der Waals surface area contributed by atoms with Gasteiger partial charge < -0.3 is 15.2 Å². The molecule has 31 heavy (non-hydrogen) atoms.